The smallest absolute Gasteiger partial charge is 0.270 e. The van der Waals surface area contributed by atoms with Crippen LogP contribution in [0.15, 0.2) is 35.5 Å². The first-order chi connectivity index (χ1) is 15.6. The Kier molecular flexibility index (Phi) is 6.93. The predicted molar refractivity (Wildman–Crippen MR) is 114 cm³/mol. The van der Waals surface area contributed by atoms with Crippen LogP contribution in [0.5, 0.6) is 5.75 Å². The van der Waals surface area contributed by atoms with Crippen LogP contribution in [0.4, 0.5) is 0 Å². The van der Waals surface area contributed by atoms with Crippen LogP contribution in [0.3, 0.4) is 0 Å². The summed E-state index contributed by atoms with van der Waals surface area (Å²) in [5.41, 5.74) is 2.33. The Hall–Kier alpha value is -3.08. The summed E-state index contributed by atoms with van der Waals surface area (Å²) < 4.78 is 16.5. The van der Waals surface area contributed by atoms with E-state index in [2.05, 4.69) is 20.4 Å². The number of benzene rings is 1. The molecule has 1 saturated heterocycles. The van der Waals surface area contributed by atoms with E-state index >= 15 is 0 Å². The second-order valence-electron chi connectivity index (χ2n) is 7.62. The Labute approximate surface area is 185 Å². The van der Waals surface area contributed by atoms with Gasteiger partial charge in [0.15, 0.2) is 6.10 Å². The number of amides is 1. The van der Waals surface area contributed by atoms with Crippen LogP contribution in [0.2, 0.25) is 0 Å². The summed E-state index contributed by atoms with van der Waals surface area (Å²) in [5.74, 6) is 0.878. The van der Waals surface area contributed by atoms with Crippen molar-refractivity contribution in [1.29, 1.82) is 0 Å². The second-order valence-corrected chi connectivity index (χ2v) is 7.62. The molecule has 2 aliphatic rings. The highest BCUT2D eigenvalue weighted by Gasteiger charge is 2.35. The first-order valence-electron chi connectivity index (χ1n) is 10.4. The van der Waals surface area contributed by atoms with E-state index in [0.717, 1.165) is 11.3 Å². The van der Waals surface area contributed by atoms with E-state index in [-0.39, 0.29) is 36.5 Å². The average molecular weight is 442 g/mol. The van der Waals surface area contributed by atoms with E-state index in [0.29, 0.717) is 43.4 Å². The largest absolute Gasteiger partial charge is 0.497 e. The highest BCUT2D eigenvalue weighted by atomic mass is 16.7. The molecule has 0 saturated carbocycles. The van der Waals surface area contributed by atoms with E-state index in [4.69, 9.17) is 24.2 Å². The van der Waals surface area contributed by atoms with Gasteiger partial charge in [0.25, 0.3) is 5.91 Å². The van der Waals surface area contributed by atoms with E-state index in [1.807, 2.05) is 24.3 Å². The Bertz CT molecular complexity index is 990. The van der Waals surface area contributed by atoms with Gasteiger partial charge in [-0.1, -0.05) is 17.3 Å². The van der Waals surface area contributed by atoms with Gasteiger partial charge in [-0.2, -0.15) is 0 Å². The number of oxime groups is 1. The number of aromatic nitrogens is 2. The number of carbonyl (C=O) groups excluding carboxylic acids is 1. The van der Waals surface area contributed by atoms with Gasteiger partial charge in [-0.05, 0) is 30.7 Å². The molecule has 3 heterocycles. The summed E-state index contributed by atoms with van der Waals surface area (Å²) in [6.07, 6.45) is -0.437. The third-order valence-electron chi connectivity index (χ3n) is 5.26. The molecule has 1 aromatic heterocycles. The number of rotatable bonds is 7. The molecule has 0 unspecified atom stereocenters. The maximum absolute atomic E-state index is 12.7. The van der Waals surface area contributed by atoms with Gasteiger partial charge in [0.1, 0.15) is 35.2 Å². The summed E-state index contributed by atoms with van der Waals surface area (Å²) in [5, 5.41) is 16.2. The molecule has 32 heavy (non-hydrogen) atoms. The number of aliphatic hydroxyl groups is 1. The molecule has 0 aliphatic carbocycles. The van der Waals surface area contributed by atoms with E-state index in [1.54, 1.807) is 20.1 Å². The number of nitrogens with zero attached hydrogens (tertiary/aromatic N) is 3. The molecule has 10 nitrogen and oxygen atoms in total. The van der Waals surface area contributed by atoms with Crippen LogP contribution in [-0.2, 0) is 20.9 Å². The molecule has 2 aliphatic heterocycles. The van der Waals surface area contributed by atoms with Crippen LogP contribution >= 0.6 is 0 Å². The zero-order valence-corrected chi connectivity index (χ0v) is 18.0. The highest BCUT2D eigenvalue weighted by Crippen LogP contribution is 2.23. The van der Waals surface area contributed by atoms with Crippen molar-refractivity contribution in [2.24, 2.45) is 5.16 Å². The SMILES string of the molecule is COc1cccc(CNC(=O)c2cc(C3=NO[C@H]([C@@H]4CO[C@@H](CO)CO4)C3)nc(C)n2)c1. The van der Waals surface area contributed by atoms with Crippen LogP contribution in [-0.4, -0.2) is 71.9 Å². The number of aliphatic hydroxyl groups excluding tert-OH is 1. The minimum absolute atomic E-state index is 0.0805. The number of nitrogens with one attached hydrogen (secondary N) is 1. The third kappa shape index (κ3) is 5.21. The number of hydrogen-bond acceptors (Lipinski definition) is 9. The molecule has 2 N–H and O–H groups in total. The van der Waals surface area contributed by atoms with E-state index < -0.39 is 0 Å². The summed E-state index contributed by atoms with van der Waals surface area (Å²) in [6, 6.07) is 9.09. The predicted octanol–water partition coefficient (Wildman–Crippen LogP) is 0.993. The molecule has 0 spiro atoms. The third-order valence-corrected chi connectivity index (χ3v) is 5.26. The lowest BCUT2D eigenvalue weighted by molar-refractivity contribution is -0.178. The van der Waals surface area contributed by atoms with Crippen molar-refractivity contribution in [2.45, 2.75) is 38.2 Å². The molecule has 4 rings (SSSR count). The van der Waals surface area contributed by atoms with Crippen molar-refractivity contribution in [2.75, 3.05) is 26.9 Å². The molecular weight excluding hydrogens is 416 g/mol. The average Bonchev–Trinajstić information content (AvgIpc) is 3.33. The van der Waals surface area contributed by atoms with Gasteiger partial charge in [-0.15, -0.1) is 0 Å². The maximum Gasteiger partial charge on any atom is 0.270 e. The van der Waals surface area contributed by atoms with Crippen LogP contribution in [0, 0.1) is 6.92 Å². The molecule has 1 amide bonds. The minimum atomic E-state index is -0.315. The minimum Gasteiger partial charge on any atom is -0.497 e. The van der Waals surface area contributed by atoms with Crippen molar-refractivity contribution in [1.82, 2.24) is 15.3 Å². The van der Waals surface area contributed by atoms with Gasteiger partial charge in [0.2, 0.25) is 0 Å². The lowest BCUT2D eigenvalue weighted by Gasteiger charge is -2.30. The van der Waals surface area contributed by atoms with Gasteiger partial charge in [-0.3, -0.25) is 4.79 Å². The van der Waals surface area contributed by atoms with Crippen molar-refractivity contribution < 1.29 is 28.9 Å². The highest BCUT2D eigenvalue weighted by molar-refractivity contribution is 6.02. The molecule has 1 aromatic carbocycles. The van der Waals surface area contributed by atoms with Gasteiger partial charge in [-0.25, -0.2) is 9.97 Å². The molecule has 0 radical (unpaired) electrons. The first kappa shape index (κ1) is 22.1. The van der Waals surface area contributed by atoms with Crippen LogP contribution in [0.1, 0.15) is 34.0 Å². The summed E-state index contributed by atoms with van der Waals surface area (Å²) >= 11 is 0. The quantitative estimate of drug-likeness (QED) is 0.651. The Morgan fingerprint density at radius 1 is 1.22 bits per heavy atom. The van der Waals surface area contributed by atoms with Crippen LogP contribution < -0.4 is 10.1 Å². The second kappa shape index (κ2) is 10.0. The molecule has 170 valence electrons. The number of ether oxygens (including phenoxy) is 3. The van der Waals surface area contributed by atoms with Crippen LogP contribution in [0.25, 0.3) is 0 Å². The lowest BCUT2D eigenvalue weighted by Crippen LogP contribution is -2.43. The fraction of sp³-hybridized carbons (Fsp3) is 0.455. The number of carbonyl (C=O) groups is 1. The summed E-state index contributed by atoms with van der Waals surface area (Å²) in [6.45, 7) is 2.61. The Balaban J connectivity index is 1.38. The first-order valence-corrected chi connectivity index (χ1v) is 10.4. The van der Waals surface area contributed by atoms with Gasteiger partial charge in [0, 0.05) is 13.0 Å². The fourth-order valence-electron chi connectivity index (χ4n) is 3.51. The van der Waals surface area contributed by atoms with Crippen molar-refractivity contribution >= 4 is 11.6 Å². The monoisotopic (exact) mass is 442 g/mol. The van der Waals surface area contributed by atoms with Crippen molar-refractivity contribution in [3.63, 3.8) is 0 Å². The lowest BCUT2D eigenvalue weighted by atomic mass is 10.0. The van der Waals surface area contributed by atoms with Crippen molar-refractivity contribution in [3.05, 3.63) is 53.1 Å². The topological polar surface area (TPSA) is 124 Å². The molecule has 0 bridgehead atoms. The number of hydrogen-bond donors (Lipinski definition) is 2. The number of methoxy groups -OCH3 is 1. The van der Waals surface area contributed by atoms with Crippen molar-refractivity contribution in [3.8, 4) is 5.75 Å². The van der Waals surface area contributed by atoms with E-state index in [9.17, 15) is 4.79 Å². The normalized spacial score (nSPS) is 22.7. The molecule has 1 fully saturated rings. The summed E-state index contributed by atoms with van der Waals surface area (Å²) in [4.78, 5) is 26.9. The van der Waals surface area contributed by atoms with Gasteiger partial charge in [0.05, 0.1) is 32.6 Å². The molecule has 3 atom stereocenters. The standard InChI is InChI=1S/C22H26N4O6/c1-13-24-17(18-8-20(32-26-18)21-12-30-16(10-27)11-31-21)7-19(25-13)22(28)23-9-14-4-3-5-15(6-14)29-2/h3-7,16,20-21,27H,8-12H2,1-2H3,(H,23,28)/t16-,20-,21-/m0/s1. The molecule has 2 aromatic rings. The Morgan fingerprint density at radius 3 is 2.84 bits per heavy atom. The maximum atomic E-state index is 12.7. The summed E-state index contributed by atoms with van der Waals surface area (Å²) in [7, 11) is 1.60. The zero-order valence-electron chi connectivity index (χ0n) is 18.0. The van der Waals surface area contributed by atoms with Gasteiger partial charge < -0.3 is 29.5 Å². The number of aryl methyl sites for hydroxylation is 1. The van der Waals surface area contributed by atoms with E-state index in [1.165, 1.54) is 0 Å². The zero-order chi connectivity index (χ0) is 22.5. The Morgan fingerprint density at radius 2 is 2.09 bits per heavy atom. The molecule has 10 heteroatoms. The fourth-order valence-corrected chi connectivity index (χ4v) is 3.51. The molecular formula is C22H26N4O6. The van der Waals surface area contributed by atoms with Gasteiger partial charge >= 0.3 is 0 Å².